The van der Waals surface area contributed by atoms with Gasteiger partial charge in [0.1, 0.15) is 0 Å². The molecule has 1 N–H and O–H groups in total. The molecule has 2 aliphatic rings. The standard InChI is InChI=1S/C20H18F2N6O2/c21-17(22)19-26-25-18(30-19)12-5-6-14(24-7-12)11-28-16-4-2-1-3-13(16)10-27(20(28)29)15-8-23-9-15/h1-7,15,17,23H,8-11H2. The molecule has 2 aliphatic heterocycles. The van der Waals surface area contributed by atoms with E-state index in [0.29, 0.717) is 24.3 Å². The number of carbonyl (C=O) groups excluding carboxylic acids is 1. The summed E-state index contributed by atoms with van der Waals surface area (Å²) in [4.78, 5) is 21.2. The van der Waals surface area contributed by atoms with Crippen molar-refractivity contribution in [2.24, 2.45) is 0 Å². The fourth-order valence-electron chi connectivity index (χ4n) is 3.59. The van der Waals surface area contributed by atoms with E-state index in [0.717, 1.165) is 24.3 Å². The molecule has 1 saturated heterocycles. The van der Waals surface area contributed by atoms with Gasteiger partial charge in [0.2, 0.25) is 5.89 Å². The number of pyridine rings is 1. The van der Waals surface area contributed by atoms with E-state index >= 15 is 0 Å². The van der Waals surface area contributed by atoms with Crippen LogP contribution in [-0.4, -0.2) is 45.2 Å². The topological polar surface area (TPSA) is 87.4 Å². The predicted molar refractivity (Wildman–Crippen MR) is 103 cm³/mol. The first-order valence-corrected chi connectivity index (χ1v) is 9.54. The highest BCUT2D eigenvalue weighted by molar-refractivity contribution is 5.95. The fraction of sp³-hybridized carbons (Fsp3) is 0.300. The molecule has 2 aromatic heterocycles. The second kappa shape index (κ2) is 7.45. The average molecular weight is 412 g/mol. The van der Waals surface area contributed by atoms with Crippen LogP contribution < -0.4 is 10.2 Å². The summed E-state index contributed by atoms with van der Waals surface area (Å²) in [5.74, 6) is -0.748. The molecule has 3 aromatic rings. The van der Waals surface area contributed by atoms with Gasteiger partial charge in [-0.3, -0.25) is 9.88 Å². The highest BCUT2D eigenvalue weighted by atomic mass is 19.3. The maximum Gasteiger partial charge on any atom is 0.325 e. The number of hydrogen-bond acceptors (Lipinski definition) is 6. The number of nitrogens with one attached hydrogen (secondary N) is 1. The summed E-state index contributed by atoms with van der Waals surface area (Å²) in [5, 5.41) is 10.2. The van der Waals surface area contributed by atoms with Crippen molar-refractivity contribution in [1.82, 2.24) is 25.4 Å². The Morgan fingerprint density at radius 2 is 2.00 bits per heavy atom. The molecule has 2 amide bonds. The number of rotatable bonds is 5. The number of halogens is 2. The third kappa shape index (κ3) is 3.28. The maximum absolute atomic E-state index is 13.2. The van der Waals surface area contributed by atoms with Crippen molar-refractivity contribution >= 4 is 11.7 Å². The minimum Gasteiger partial charge on any atom is -0.415 e. The quantitative estimate of drug-likeness (QED) is 0.693. The van der Waals surface area contributed by atoms with Crippen molar-refractivity contribution in [1.29, 1.82) is 0 Å². The van der Waals surface area contributed by atoms with Crippen LogP contribution in [0.3, 0.4) is 0 Å². The van der Waals surface area contributed by atoms with Crippen LogP contribution >= 0.6 is 0 Å². The molecular weight excluding hydrogens is 394 g/mol. The second-order valence-corrected chi connectivity index (χ2v) is 7.22. The van der Waals surface area contributed by atoms with Gasteiger partial charge in [-0.2, -0.15) is 8.78 Å². The lowest BCUT2D eigenvalue weighted by Gasteiger charge is -2.44. The smallest absolute Gasteiger partial charge is 0.325 e. The van der Waals surface area contributed by atoms with Gasteiger partial charge >= 0.3 is 12.5 Å². The number of alkyl halides is 2. The van der Waals surface area contributed by atoms with Gasteiger partial charge in [-0.15, -0.1) is 10.2 Å². The number of para-hydroxylation sites is 1. The molecule has 1 fully saturated rings. The Hall–Kier alpha value is -3.40. The van der Waals surface area contributed by atoms with Crippen LogP contribution in [0.1, 0.15) is 23.6 Å². The number of nitrogens with zero attached hydrogens (tertiary/aromatic N) is 5. The van der Waals surface area contributed by atoms with Crippen LogP contribution in [0.5, 0.6) is 0 Å². The molecule has 10 heteroatoms. The van der Waals surface area contributed by atoms with E-state index < -0.39 is 12.3 Å². The first-order valence-electron chi connectivity index (χ1n) is 9.54. The van der Waals surface area contributed by atoms with Gasteiger partial charge in [-0.25, -0.2) is 4.79 Å². The summed E-state index contributed by atoms with van der Waals surface area (Å²) in [5.41, 5.74) is 3.05. The molecule has 30 heavy (non-hydrogen) atoms. The highest BCUT2D eigenvalue weighted by Crippen LogP contribution is 2.31. The van der Waals surface area contributed by atoms with E-state index in [1.165, 1.54) is 6.20 Å². The Labute approximate surface area is 170 Å². The SMILES string of the molecule is O=C1N(Cc2ccc(-c3nnc(C(F)F)o3)cn2)c2ccccc2CN1C1CNC1. The first-order chi connectivity index (χ1) is 14.6. The molecule has 8 nitrogen and oxygen atoms in total. The summed E-state index contributed by atoms with van der Waals surface area (Å²) < 4.78 is 30.2. The van der Waals surface area contributed by atoms with Gasteiger partial charge in [0.15, 0.2) is 0 Å². The van der Waals surface area contributed by atoms with Crippen LogP contribution in [-0.2, 0) is 13.1 Å². The summed E-state index contributed by atoms with van der Waals surface area (Å²) in [6, 6.07) is 11.4. The Bertz CT molecular complexity index is 1070. The molecule has 0 saturated carbocycles. The number of hydrogen-bond donors (Lipinski definition) is 1. The van der Waals surface area contributed by atoms with Crippen molar-refractivity contribution < 1.29 is 18.0 Å². The molecule has 0 atom stereocenters. The van der Waals surface area contributed by atoms with Crippen LogP contribution in [0.25, 0.3) is 11.5 Å². The van der Waals surface area contributed by atoms with Crippen molar-refractivity contribution in [3.8, 4) is 11.5 Å². The van der Waals surface area contributed by atoms with Crippen LogP contribution in [0, 0.1) is 0 Å². The third-order valence-corrected chi connectivity index (χ3v) is 5.32. The van der Waals surface area contributed by atoms with E-state index in [1.54, 1.807) is 17.0 Å². The highest BCUT2D eigenvalue weighted by Gasteiger charge is 2.36. The lowest BCUT2D eigenvalue weighted by molar-refractivity contribution is 0.116. The van der Waals surface area contributed by atoms with Crippen LogP contribution in [0.4, 0.5) is 19.3 Å². The van der Waals surface area contributed by atoms with Crippen LogP contribution in [0.2, 0.25) is 0 Å². The Morgan fingerprint density at radius 3 is 2.67 bits per heavy atom. The van der Waals surface area contributed by atoms with Gasteiger partial charge in [0.05, 0.1) is 29.5 Å². The number of urea groups is 1. The van der Waals surface area contributed by atoms with Crippen molar-refractivity contribution in [3.05, 3.63) is 59.7 Å². The maximum atomic E-state index is 13.2. The number of anilines is 1. The molecule has 5 rings (SSSR count). The van der Waals surface area contributed by atoms with Gasteiger partial charge in [0.25, 0.3) is 5.89 Å². The average Bonchev–Trinajstić information content (AvgIpc) is 3.21. The van der Waals surface area contributed by atoms with Gasteiger partial charge < -0.3 is 14.6 Å². The van der Waals surface area contributed by atoms with E-state index in [9.17, 15) is 13.6 Å². The first kappa shape index (κ1) is 18.6. The lowest BCUT2D eigenvalue weighted by atomic mass is 10.0. The minimum atomic E-state index is -2.82. The predicted octanol–water partition coefficient (Wildman–Crippen LogP) is 2.98. The zero-order chi connectivity index (χ0) is 20.7. The van der Waals surface area contributed by atoms with E-state index in [-0.39, 0.29) is 18.0 Å². The monoisotopic (exact) mass is 412 g/mol. The van der Waals surface area contributed by atoms with Crippen molar-refractivity contribution in [2.75, 3.05) is 18.0 Å². The van der Waals surface area contributed by atoms with E-state index in [2.05, 4.69) is 20.5 Å². The number of benzene rings is 1. The second-order valence-electron chi connectivity index (χ2n) is 7.22. The zero-order valence-electron chi connectivity index (χ0n) is 15.8. The van der Waals surface area contributed by atoms with Gasteiger partial charge in [-0.05, 0) is 23.8 Å². The number of amides is 2. The Morgan fingerprint density at radius 1 is 1.17 bits per heavy atom. The van der Waals surface area contributed by atoms with Crippen molar-refractivity contribution in [3.63, 3.8) is 0 Å². The van der Waals surface area contributed by atoms with E-state index in [1.807, 2.05) is 29.2 Å². The summed E-state index contributed by atoms with van der Waals surface area (Å²) in [7, 11) is 0. The number of fused-ring (bicyclic) bond motifs is 1. The molecule has 0 spiro atoms. The molecule has 0 radical (unpaired) electrons. The molecule has 0 bridgehead atoms. The molecule has 0 unspecified atom stereocenters. The van der Waals surface area contributed by atoms with Gasteiger partial charge in [0, 0.05) is 25.8 Å². The number of carbonyl (C=O) groups is 1. The van der Waals surface area contributed by atoms with Crippen molar-refractivity contribution in [2.45, 2.75) is 25.6 Å². The molecule has 154 valence electrons. The Kier molecular flexibility index (Phi) is 4.62. The Balaban J connectivity index is 1.39. The fourth-order valence-corrected chi connectivity index (χ4v) is 3.59. The summed E-state index contributed by atoms with van der Waals surface area (Å²) in [6.45, 7) is 2.46. The molecule has 4 heterocycles. The lowest BCUT2D eigenvalue weighted by Crippen LogP contribution is -2.62. The van der Waals surface area contributed by atoms with Crippen LogP contribution in [0.15, 0.2) is 47.0 Å². The molecular formula is C20H18F2N6O2. The summed E-state index contributed by atoms with van der Waals surface area (Å²) in [6.07, 6.45) is -1.34. The minimum absolute atomic E-state index is 0.0209. The third-order valence-electron chi connectivity index (χ3n) is 5.32. The summed E-state index contributed by atoms with van der Waals surface area (Å²) >= 11 is 0. The normalized spacial score (nSPS) is 16.7. The molecule has 0 aliphatic carbocycles. The van der Waals surface area contributed by atoms with E-state index in [4.69, 9.17) is 4.42 Å². The largest absolute Gasteiger partial charge is 0.415 e. The number of aromatic nitrogens is 3. The zero-order valence-corrected chi connectivity index (χ0v) is 15.8. The molecule has 1 aromatic carbocycles. The van der Waals surface area contributed by atoms with Gasteiger partial charge in [-0.1, -0.05) is 18.2 Å².